The molecule has 4 heterocycles. The fourth-order valence-electron chi connectivity index (χ4n) is 3.44. The van der Waals surface area contributed by atoms with Crippen molar-refractivity contribution in [3.8, 4) is 0 Å². The van der Waals surface area contributed by atoms with Crippen LogP contribution in [-0.2, 0) is 0 Å². The maximum Gasteiger partial charge on any atom is 0.137 e. The molecule has 3 aromatic rings. The van der Waals surface area contributed by atoms with Gasteiger partial charge in [-0.15, -0.1) is 0 Å². The van der Waals surface area contributed by atoms with Gasteiger partial charge in [-0.1, -0.05) is 6.07 Å². The zero-order valence-corrected chi connectivity index (χ0v) is 12.8. The molecule has 0 amide bonds. The molecule has 0 atom stereocenters. The molecule has 0 radical (unpaired) electrons. The van der Waals surface area contributed by atoms with E-state index in [0.29, 0.717) is 5.92 Å². The van der Waals surface area contributed by atoms with Crippen molar-refractivity contribution in [1.82, 2.24) is 15.0 Å². The monoisotopic (exact) mass is 292 g/mol. The smallest absolute Gasteiger partial charge is 0.137 e. The molecule has 0 aromatic carbocycles. The van der Waals surface area contributed by atoms with Crippen LogP contribution >= 0.6 is 0 Å². The SMILES string of the molecule is Cc1cccc(N2CCC(c3c[nH]c4ncccc34)CC2)n1. The predicted octanol–water partition coefficient (Wildman–Crippen LogP) is 3.65. The Morgan fingerprint density at radius 3 is 2.82 bits per heavy atom. The van der Waals surface area contributed by atoms with Gasteiger partial charge in [-0.25, -0.2) is 9.97 Å². The molecule has 0 aliphatic carbocycles. The first kappa shape index (κ1) is 13.3. The number of aromatic amines is 1. The van der Waals surface area contributed by atoms with E-state index in [2.05, 4.69) is 57.2 Å². The molecule has 3 aromatic heterocycles. The van der Waals surface area contributed by atoms with E-state index in [0.717, 1.165) is 43.1 Å². The Hall–Kier alpha value is -2.36. The average molecular weight is 292 g/mol. The summed E-state index contributed by atoms with van der Waals surface area (Å²) in [7, 11) is 0. The lowest BCUT2D eigenvalue weighted by Gasteiger charge is -2.32. The van der Waals surface area contributed by atoms with Crippen molar-refractivity contribution in [1.29, 1.82) is 0 Å². The Morgan fingerprint density at radius 2 is 2.00 bits per heavy atom. The van der Waals surface area contributed by atoms with Crippen molar-refractivity contribution < 1.29 is 0 Å². The number of hydrogen-bond acceptors (Lipinski definition) is 3. The second kappa shape index (κ2) is 5.44. The first-order valence-corrected chi connectivity index (χ1v) is 7.92. The lowest BCUT2D eigenvalue weighted by molar-refractivity contribution is 0.505. The van der Waals surface area contributed by atoms with E-state index in [9.17, 15) is 0 Å². The van der Waals surface area contributed by atoms with E-state index in [-0.39, 0.29) is 0 Å². The molecule has 0 bridgehead atoms. The van der Waals surface area contributed by atoms with Gasteiger partial charge in [0.05, 0.1) is 0 Å². The number of fused-ring (bicyclic) bond motifs is 1. The normalized spacial score (nSPS) is 16.3. The molecule has 1 fully saturated rings. The maximum atomic E-state index is 4.64. The van der Waals surface area contributed by atoms with E-state index in [4.69, 9.17) is 0 Å². The Balaban J connectivity index is 1.52. The molecule has 4 rings (SSSR count). The van der Waals surface area contributed by atoms with Gasteiger partial charge in [0.2, 0.25) is 0 Å². The van der Waals surface area contributed by atoms with E-state index in [1.165, 1.54) is 10.9 Å². The summed E-state index contributed by atoms with van der Waals surface area (Å²) in [4.78, 5) is 14.7. The van der Waals surface area contributed by atoms with Crippen LogP contribution in [0.3, 0.4) is 0 Å². The first-order chi connectivity index (χ1) is 10.8. The molecule has 0 saturated carbocycles. The third kappa shape index (κ3) is 2.34. The minimum absolute atomic E-state index is 0.610. The largest absolute Gasteiger partial charge is 0.357 e. The highest BCUT2D eigenvalue weighted by atomic mass is 15.2. The average Bonchev–Trinajstić information content (AvgIpc) is 2.99. The van der Waals surface area contributed by atoms with Crippen LogP contribution in [0.25, 0.3) is 11.0 Å². The van der Waals surface area contributed by atoms with Crippen LogP contribution in [0.1, 0.15) is 30.0 Å². The lowest BCUT2D eigenvalue weighted by atomic mass is 9.89. The van der Waals surface area contributed by atoms with Gasteiger partial charge in [-0.2, -0.15) is 0 Å². The van der Waals surface area contributed by atoms with Crippen molar-refractivity contribution in [3.05, 3.63) is 54.0 Å². The molecule has 0 spiro atoms. The quantitative estimate of drug-likeness (QED) is 0.784. The Bertz CT molecular complexity index is 784. The third-order valence-corrected chi connectivity index (χ3v) is 4.62. The minimum atomic E-state index is 0.610. The topological polar surface area (TPSA) is 44.8 Å². The zero-order valence-electron chi connectivity index (χ0n) is 12.8. The van der Waals surface area contributed by atoms with E-state index in [1.54, 1.807) is 0 Å². The molecular formula is C18H20N4. The fraction of sp³-hybridized carbons (Fsp3) is 0.333. The van der Waals surface area contributed by atoms with Crippen LogP contribution in [0.15, 0.2) is 42.7 Å². The van der Waals surface area contributed by atoms with E-state index in [1.807, 2.05) is 12.3 Å². The summed E-state index contributed by atoms with van der Waals surface area (Å²) in [5.41, 5.74) is 3.50. The maximum absolute atomic E-state index is 4.64. The van der Waals surface area contributed by atoms with Gasteiger partial charge >= 0.3 is 0 Å². The summed E-state index contributed by atoms with van der Waals surface area (Å²) < 4.78 is 0. The summed E-state index contributed by atoms with van der Waals surface area (Å²) >= 11 is 0. The molecule has 0 unspecified atom stereocenters. The summed E-state index contributed by atoms with van der Waals surface area (Å²) in [5, 5.41) is 1.27. The van der Waals surface area contributed by atoms with Crippen molar-refractivity contribution in [3.63, 3.8) is 0 Å². The number of hydrogen-bond donors (Lipinski definition) is 1. The number of rotatable bonds is 2. The summed E-state index contributed by atoms with van der Waals surface area (Å²) in [5.74, 6) is 1.72. The van der Waals surface area contributed by atoms with E-state index >= 15 is 0 Å². The van der Waals surface area contributed by atoms with Crippen molar-refractivity contribution in [2.45, 2.75) is 25.7 Å². The Morgan fingerprint density at radius 1 is 1.14 bits per heavy atom. The number of pyridine rings is 2. The van der Waals surface area contributed by atoms with Crippen LogP contribution in [0.5, 0.6) is 0 Å². The second-order valence-electron chi connectivity index (χ2n) is 6.04. The van der Waals surface area contributed by atoms with Crippen LogP contribution < -0.4 is 4.90 Å². The minimum Gasteiger partial charge on any atom is -0.357 e. The Kier molecular flexibility index (Phi) is 3.29. The molecule has 4 heteroatoms. The summed E-state index contributed by atoms with van der Waals surface area (Å²) in [6.45, 7) is 4.18. The molecule has 22 heavy (non-hydrogen) atoms. The third-order valence-electron chi connectivity index (χ3n) is 4.62. The number of aromatic nitrogens is 3. The standard InChI is InChI=1S/C18H20N4/c1-13-4-2-6-17(21-13)22-10-7-14(8-11-22)16-12-20-18-15(16)5-3-9-19-18/h2-6,9,12,14H,7-8,10-11H2,1H3,(H,19,20). The highest BCUT2D eigenvalue weighted by Gasteiger charge is 2.23. The van der Waals surface area contributed by atoms with Gasteiger partial charge in [0.15, 0.2) is 0 Å². The molecular weight excluding hydrogens is 272 g/mol. The van der Waals surface area contributed by atoms with Crippen molar-refractivity contribution in [2.24, 2.45) is 0 Å². The van der Waals surface area contributed by atoms with Gasteiger partial charge in [0.1, 0.15) is 11.5 Å². The van der Waals surface area contributed by atoms with Crippen LogP contribution in [-0.4, -0.2) is 28.0 Å². The number of nitrogens with zero attached hydrogens (tertiary/aromatic N) is 3. The lowest BCUT2D eigenvalue weighted by Crippen LogP contribution is -2.33. The number of piperidine rings is 1. The number of H-pyrrole nitrogens is 1. The van der Waals surface area contributed by atoms with Crippen LogP contribution in [0.4, 0.5) is 5.82 Å². The van der Waals surface area contributed by atoms with Crippen molar-refractivity contribution >= 4 is 16.9 Å². The van der Waals surface area contributed by atoms with Crippen LogP contribution in [0.2, 0.25) is 0 Å². The van der Waals surface area contributed by atoms with Gasteiger partial charge in [0, 0.05) is 36.6 Å². The van der Waals surface area contributed by atoms with E-state index < -0.39 is 0 Å². The van der Waals surface area contributed by atoms with Gasteiger partial charge in [0.25, 0.3) is 0 Å². The second-order valence-corrected chi connectivity index (χ2v) is 6.04. The summed E-state index contributed by atoms with van der Waals surface area (Å²) in [6.07, 6.45) is 6.31. The highest BCUT2D eigenvalue weighted by molar-refractivity contribution is 5.80. The molecule has 1 aliphatic heterocycles. The number of anilines is 1. The summed E-state index contributed by atoms with van der Waals surface area (Å²) in [6, 6.07) is 10.4. The zero-order chi connectivity index (χ0) is 14.9. The highest BCUT2D eigenvalue weighted by Crippen LogP contribution is 2.33. The molecule has 112 valence electrons. The van der Waals surface area contributed by atoms with Gasteiger partial charge in [-0.05, 0) is 55.5 Å². The van der Waals surface area contributed by atoms with Crippen molar-refractivity contribution in [2.75, 3.05) is 18.0 Å². The first-order valence-electron chi connectivity index (χ1n) is 7.92. The number of aryl methyl sites for hydroxylation is 1. The molecule has 1 saturated heterocycles. The van der Waals surface area contributed by atoms with Gasteiger partial charge in [-0.3, -0.25) is 0 Å². The molecule has 1 N–H and O–H groups in total. The molecule has 4 nitrogen and oxygen atoms in total. The Labute approximate surface area is 130 Å². The molecule has 1 aliphatic rings. The predicted molar refractivity (Wildman–Crippen MR) is 89.3 cm³/mol. The van der Waals surface area contributed by atoms with Gasteiger partial charge < -0.3 is 9.88 Å². The van der Waals surface area contributed by atoms with Crippen LogP contribution in [0, 0.1) is 6.92 Å². The fourth-order valence-corrected chi connectivity index (χ4v) is 3.44. The number of nitrogens with one attached hydrogen (secondary N) is 1.